The Kier molecular flexibility index (Phi) is 4.12. The maximum absolute atomic E-state index is 11.3. The summed E-state index contributed by atoms with van der Waals surface area (Å²) in [5.74, 6) is 1.01. The fourth-order valence-corrected chi connectivity index (χ4v) is 3.96. The van der Waals surface area contributed by atoms with E-state index in [2.05, 4.69) is 10.3 Å². The lowest BCUT2D eigenvalue weighted by Gasteiger charge is -2.08. The van der Waals surface area contributed by atoms with Crippen molar-refractivity contribution in [2.75, 3.05) is 24.6 Å². The van der Waals surface area contributed by atoms with Gasteiger partial charge in [-0.1, -0.05) is 6.07 Å². The monoisotopic (exact) mass is 254 g/mol. The molecule has 5 heteroatoms. The quantitative estimate of drug-likeness (QED) is 0.784. The van der Waals surface area contributed by atoms with E-state index in [-0.39, 0.29) is 0 Å². The van der Waals surface area contributed by atoms with Crippen molar-refractivity contribution in [1.29, 1.82) is 0 Å². The van der Waals surface area contributed by atoms with Gasteiger partial charge in [-0.25, -0.2) is 8.42 Å². The number of pyridine rings is 1. The highest BCUT2D eigenvalue weighted by Gasteiger charge is 2.27. The minimum atomic E-state index is -2.74. The maximum atomic E-state index is 11.3. The Balaban J connectivity index is 1.64. The van der Waals surface area contributed by atoms with Crippen molar-refractivity contribution in [3.63, 3.8) is 0 Å². The van der Waals surface area contributed by atoms with Crippen LogP contribution in [-0.4, -0.2) is 38.0 Å². The van der Waals surface area contributed by atoms with E-state index >= 15 is 0 Å². The molecule has 2 heterocycles. The van der Waals surface area contributed by atoms with Crippen molar-refractivity contribution in [3.8, 4) is 0 Å². The molecule has 1 aliphatic heterocycles. The Morgan fingerprint density at radius 3 is 2.94 bits per heavy atom. The summed E-state index contributed by atoms with van der Waals surface area (Å²) in [4.78, 5) is 4.24. The molecule has 1 saturated heterocycles. The standard InChI is InChI=1S/C12H18N2O2S/c15-17(16)8-5-11(10-17)9-13-7-4-12-3-1-2-6-14-12/h1-3,6,11,13H,4-5,7-10H2. The highest BCUT2D eigenvalue weighted by atomic mass is 32.2. The molecule has 1 aromatic heterocycles. The minimum absolute atomic E-state index is 0.295. The molecule has 0 bridgehead atoms. The van der Waals surface area contributed by atoms with Gasteiger partial charge in [0.2, 0.25) is 0 Å². The first kappa shape index (κ1) is 12.5. The molecule has 0 aromatic carbocycles. The van der Waals surface area contributed by atoms with E-state index in [1.54, 1.807) is 6.20 Å². The number of nitrogens with one attached hydrogen (secondary N) is 1. The van der Waals surface area contributed by atoms with Gasteiger partial charge in [-0.2, -0.15) is 0 Å². The van der Waals surface area contributed by atoms with Crippen LogP contribution in [0.2, 0.25) is 0 Å². The van der Waals surface area contributed by atoms with Gasteiger partial charge in [0.05, 0.1) is 11.5 Å². The van der Waals surface area contributed by atoms with Gasteiger partial charge in [-0.3, -0.25) is 4.98 Å². The summed E-state index contributed by atoms with van der Waals surface area (Å²) >= 11 is 0. The summed E-state index contributed by atoms with van der Waals surface area (Å²) in [5.41, 5.74) is 1.07. The summed E-state index contributed by atoms with van der Waals surface area (Å²) < 4.78 is 22.5. The van der Waals surface area contributed by atoms with Crippen LogP contribution in [0.1, 0.15) is 12.1 Å². The molecule has 1 unspecified atom stereocenters. The van der Waals surface area contributed by atoms with E-state index in [1.807, 2.05) is 18.2 Å². The van der Waals surface area contributed by atoms with Crippen LogP contribution in [0.15, 0.2) is 24.4 Å². The highest BCUT2D eigenvalue weighted by molar-refractivity contribution is 7.91. The Labute approximate surface area is 102 Å². The number of sulfone groups is 1. The van der Waals surface area contributed by atoms with Crippen LogP contribution in [0.4, 0.5) is 0 Å². The van der Waals surface area contributed by atoms with Crippen LogP contribution in [0.25, 0.3) is 0 Å². The molecule has 94 valence electrons. The molecular formula is C12H18N2O2S. The Hall–Kier alpha value is -0.940. The molecule has 1 atom stereocenters. The molecule has 0 saturated carbocycles. The smallest absolute Gasteiger partial charge is 0.150 e. The van der Waals surface area contributed by atoms with Gasteiger partial charge < -0.3 is 5.32 Å². The third kappa shape index (κ3) is 4.09. The number of hydrogen-bond donors (Lipinski definition) is 1. The zero-order valence-corrected chi connectivity index (χ0v) is 10.6. The fraction of sp³-hybridized carbons (Fsp3) is 0.583. The predicted molar refractivity (Wildman–Crippen MR) is 67.6 cm³/mol. The third-order valence-corrected chi connectivity index (χ3v) is 4.88. The average molecular weight is 254 g/mol. The average Bonchev–Trinajstić information content (AvgIpc) is 2.66. The van der Waals surface area contributed by atoms with Crippen LogP contribution >= 0.6 is 0 Å². The second-order valence-electron chi connectivity index (χ2n) is 4.54. The fourth-order valence-electron chi connectivity index (χ4n) is 2.10. The second-order valence-corrected chi connectivity index (χ2v) is 6.77. The van der Waals surface area contributed by atoms with Gasteiger partial charge in [0.1, 0.15) is 0 Å². The number of aromatic nitrogens is 1. The Morgan fingerprint density at radius 2 is 2.29 bits per heavy atom. The lowest BCUT2D eigenvalue weighted by atomic mass is 10.1. The zero-order chi connectivity index (χ0) is 12.1. The first-order valence-corrected chi connectivity index (χ1v) is 7.79. The van der Waals surface area contributed by atoms with Crippen molar-refractivity contribution in [2.24, 2.45) is 5.92 Å². The highest BCUT2D eigenvalue weighted by Crippen LogP contribution is 2.17. The van der Waals surface area contributed by atoms with Crippen LogP contribution in [0.3, 0.4) is 0 Å². The summed E-state index contributed by atoms with van der Waals surface area (Å²) in [5, 5.41) is 3.31. The normalized spacial score (nSPS) is 22.7. The number of nitrogens with zero attached hydrogens (tertiary/aromatic N) is 1. The van der Waals surface area contributed by atoms with Gasteiger partial charge >= 0.3 is 0 Å². The third-order valence-electron chi connectivity index (χ3n) is 3.04. The van der Waals surface area contributed by atoms with Crippen molar-refractivity contribution in [3.05, 3.63) is 30.1 Å². The van der Waals surface area contributed by atoms with E-state index in [9.17, 15) is 8.42 Å². The molecule has 0 spiro atoms. The van der Waals surface area contributed by atoms with Crippen molar-refractivity contribution >= 4 is 9.84 Å². The minimum Gasteiger partial charge on any atom is -0.316 e. The zero-order valence-electron chi connectivity index (χ0n) is 9.80. The van der Waals surface area contributed by atoms with E-state index in [0.29, 0.717) is 17.4 Å². The van der Waals surface area contributed by atoms with Gasteiger partial charge in [0.15, 0.2) is 9.84 Å². The molecule has 1 fully saturated rings. The van der Waals surface area contributed by atoms with Gasteiger partial charge in [-0.05, 0) is 31.0 Å². The van der Waals surface area contributed by atoms with Crippen molar-refractivity contribution < 1.29 is 8.42 Å². The molecule has 0 amide bonds. The van der Waals surface area contributed by atoms with E-state index in [4.69, 9.17) is 0 Å². The van der Waals surface area contributed by atoms with Crippen LogP contribution < -0.4 is 5.32 Å². The largest absolute Gasteiger partial charge is 0.316 e. The molecule has 0 aliphatic carbocycles. The van der Waals surface area contributed by atoms with Crippen LogP contribution in [-0.2, 0) is 16.3 Å². The van der Waals surface area contributed by atoms with Crippen molar-refractivity contribution in [1.82, 2.24) is 10.3 Å². The molecule has 2 rings (SSSR count). The maximum Gasteiger partial charge on any atom is 0.150 e. The van der Waals surface area contributed by atoms with E-state index in [0.717, 1.165) is 31.6 Å². The van der Waals surface area contributed by atoms with Gasteiger partial charge in [0.25, 0.3) is 0 Å². The lowest BCUT2D eigenvalue weighted by molar-refractivity contribution is 0.522. The summed E-state index contributed by atoms with van der Waals surface area (Å²) in [6, 6.07) is 5.88. The first-order valence-electron chi connectivity index (χ1n) is 5.97. The summed E-state index contributed by atoms with van der Waals surface area (Å²) in [6.45, 7) is 1.65. The van der Waals surface area contributed by atoms with E-state index in [1.165, 1.54) is 0 Å². The summed E-state index contributed by atoms with van der Waals surface area (Å²) in [6.07, 6.45) is 3.48. The number of rotatable bonds is 5. The van der Waals surface area contributed by atoms with Crippen molar-refractivity contribution in [2.45, 2.75) is 12.8 Å². The SMILES string of the molecule is O=S1(=O)CCC(CNCCc2ccccn2)C1. The molecular weight excluding hydrogens is 236 g/mol. The number of hydrogen-bond acceptors (Lipinski definition) is 4. The summed E-state index contributed by atoms with van der Waals surface area (Å²) in [7, 11) is -2.74. The predicted octanol–water partition coefficient (Wildman–Crippen LogP) is 0.648. The van der Waals surface area contributed by atoms with Crippen LogP contribution in [0.5, 0.6) is 0 Å². The van der Waals surface area contributed by atoms with E-state index < -0.39 is 9.84 Å². The molecule has 17 heavy (non-hydrogen) atoms. The lowest BCUT2D eigenvalue weighted by Crippen LogP contribution is -2.25. The molecule has 4 nitrogen and oxygen atoms in total. The van der Waals surface area contributed by atoms with Gasteiger partial charge in [-0.15, -0.1) is 0 Å². The molecule has 1 aliphatic rings. The Morgan fingerprint density at radius 1 is 1.41 bits per heavy atom. The first-order chi connectivity index (χ1) is 8.16. The van der Waals surface area contributed by atoms with Crippen LogP contribution in [0, 0.1) is 5.92 Å². The molecule has 1 N–H and O–H groups in total. The molecule has 0 radical (unpaired) electrons. The van der Waals surface area contributed by atoms with Gasteiger partial charge in [0, 0.05) is 24.9 Å². The topological polar surface area (TPSA) is 59.1 Å². The Bertz CT molecular complexity index is 445. The molecule has 1 aromatic rings. The second kappa shape index (κ2) is 5.60.